The molecule has 1 amide bonds. The standard InChI is InChI=1S/C19H37NO9/c1-18(21)2-4-23-6-8-25-10-12-27-14-16-29-17-15-28-13-11-26-9-7-24-5-3-19(20)22/h2-17H2,1H3,(H2,20,22). The lowest BCUT2D eigenvalue weighted by atomic mass is 10.3. The zero-order valence-corrected chi connectivity index (χ0v) is 17.6. The van der Waals surface area contributed by atoms with Gasteiger partial charge < -0.3 is 38.9 Å². The lowest BCUT2D eigenvalue weighted by molar-refractivity contribution is -0.119. The van der Waals surface area contributed by atoms with Gasteiger partial charge in [0, 0.05) is 12.8 Å². The second-order valence-electron chi connectivity index (χ2n) is 5.95. The molecule has 0 radical (unpaired) electrons. The summed E-state index contributed by atoms with van der Waals surface area (Å²) in [5.74, 6) is -0.249. The van der Waals surface area contributed by atoms with E-state index in [2.05, 4.69) is 0 Å². The maximum Gasteiger partial charge on any atom is 0.219 e. The second-order valence-corrected chi connectivity index (χ2v) is 5.95. The van der Waals surface area contributed by atoms with E-state index in [1.807, 2.05) is 0 Å². The van der Waals surface area contributed by atoms with Crippen molar-refractivity contribution >= 4 is 11.7 Å². The van der Waals surface area contributed by atoms with Crippen molar-refractivity contribution in [3.05, 3.63) is 0 Å². The summed E-state index contributed by atoms with van der Waals surface area (Å²) < 4.78 is 37.2. The summed E-state index contributed by atoms with van der Waals surface area (Å²) in [6, 6.07) is 0. The van der Waals surface area contributed by atoms with Gasteiger partial charge in [0.05, 0.1) is 92.5 Å². The van der Waals surface area contributed by atoms with E-state index < -0.39 is 0 Å². The Morgan fingerprint density at radius 3 is 0.966 bits per heavy atom. The van der Waals surface area contributed by atoms with Crippen molar-refractivity contribution in [2.45, 2.75) is 19.8 Å². The Kier molecular flexibility index (Phi) is 22.2. The van der Waals surface area contributed by atoms with Crippen LogP contribution in [0.4, 0.5) is 0 Å². The fourth-order valence-electron chi connectivity index (χ4n) is 1.81. The van der Waals surface area contributed by atoms with Crippen molar-refractivity contribution in [3.63, 3.8) is 0 Å². The third kappa shape index (κ3) is 26.9. The number of ketones is 1. The van der Waals surface area contributed by atoms with Crippen LogP contribution in [0.2, 0.25) is 0 Å². The van der Waals surface area contributed by atoms with Crippen LogP contribution in [0.15, 0.2) is 0 Å². The van der Waals surface area contributed by atoms with Gasteiger partial charge in [-0.05, 0) is 6.92 Å². The number of Topliss-reactive ketones (excluding diaryl/α,β-unsaturated/α-hetero) is 1. The highest BCUT2D eigenvalue weighted by Gasteiger charge is 1.96. The Balaban J connectivity index is 3.01. The molecular formula is C19H37NO9. The minimum Gasteiger partial charge on any atom is -0.379 e. The van der Waals surface area contributed by atoms with Crippen molar-refractivity contribution < 1.29 is 42.7 Å². The van der Waals surface area contributed by atoms with Crippen LogP contribution < -0.4 is 5.73 Å². The van der Waals surface area contributed by atoms with Crippen LogP contribution in [0.5, 0.6) is 0 Å². The molecule has 0 aliphatic carbocycles. The molecule has 0 aliphatic rings. The topological polar surface area (TPSA) is 125 Å². The summed E-state index contributed by atoms with van der Waals surface area (Å²) in [4.78, 5) is 21.2. The van der Waals surface area contributed by atoms with Gasteiger partial charge in [0.25, 0.3) is 0 Å². The van der Waals surface area contributed by atoms with Gasteiger partial charge in [-0.15, -0.1) is 0 Å². The van der Waals surface area contributed by atoms with Gasteiger partial charge in [0.1, 0.15) is 5.78 Å². The molecule has 29 heavy (non-hydrogen) atoms. The van der Waals surface area contributed by atoms with E-state index >= 15 is 0 Å². The fourth-order valence-corrected chi connectivity index (χ4v) is 1.81. The lowest BCUT2D eigenvalue weighted by Crippen LogP contribution is -2.16. The minimum atomic E-state index is -0.373. The highest BCUT2D eigenvalue weighted by molar-refractivity contribution is 5.75. The molecule has 0 saturated carbocycles. The lowest BCUT2D eigenvalue weighted by Gasteiger charge is -2.08. The predicted molar refractivity (Wildman–Crippen MR) is 105 cm³/mol. The SMILES string of the molecule is CC(=O)CCOCCOCCOCCOCCOCCOCCOCCC(N)=O. The number of ether oxygens (including phenoxy) is 7. The maximum absolute atomic E-state index is 10.7. The fraction of sp³-hybridized carbons (Fsp3) is 0.895. The van der Waals surface area contributed by atoms with Gasteiger partial charge in [-0.1, -0.05) is 0 Å². The Labute approximate surface area is 173 Å². The second kappa shape index (κ2) is 23.1. The smallest absolute Gasteiger partial charge is 0.219 e. The Bertz CT molecular complexity index is 349. The zero-order chi connectivity index (χ0) is 21.4. The molecule has 10 nitrogen and oxygen atoms in total. The van der Waals surface area contributed by atoms with Crippen LogP contribution >= 0.6 is 0 Å². The Hall–Kier alpha value is -1.14. The van der Waals surface area contributed by atoms with Crippen molar-refractivity contribution in [2.75, 3.05) is 92.5 Å². The number of rotatable bonds is 24. The first-order valence-corrected chi connectivity index (χ1v) is 9.95. The summed E-state index contributed by atoms with van der Waals surface area (Å²) in [7, 11) is 0. The maximum atomic E-state index is 10.7. The third-order valence-corrected chi connectivity index (χ3v) is 3.32. The number of primary amides is 1. The van der Waals surface area contributed by atoms with Gasteiger partial charge in [-0.25, -0.2) is 0 Å². The highest BCUT2D eigenvalue weighted by atomic mass is 16.6. The first-order chi connectivity index (χ1) is 14.1. The molecule has 0 aromatic heterocycles. The van der Waals surface area contributed by atoms with Crippen LogP contribution in [0.1, 0.15) is 19.8 Å². The average Bonchev–Trinajstić information content (AvgIpc) is 2.68. The van der Waals surface area contributed by atoms with E-state index in [-0.39, 0.29) is 18.1 Å². The van der Waals surface area contributed by atoms with Gasteiger partial charge in [0.15, 0.2) is 0 Å². The van der Waals surface area contributed by atoms with Gasteiger partial charge in [-0.3, -0.25) is 9.59 Å². The summed E-state index contributed by atoms with van der Waals surface area (Å²) >= 11 is 0. The molecule has 0 heterocycles. The van der Waals surface area contributed by atoms with Crippen LogP contribution in [-0.2, 0) is 42.7 Å². The van der Waals surface area contributed by atoms with E-state index in [0.717, 1.165) is 0 Å². The number of nitrogens with two attached hydrogens (primary N) is 1. The van der Waals surface area contributed by atoms with E-state index in [1.165, 1.54) is 0 Å². The molecule has 0 rings (SSSR count). The van der Waals surface area contributed by atoms with Gasteiger partial charge in [-0.2, -0.15) is 0 Å². The number of carbonyl (C=O) groups is 2. The largest absolute Gasteiger partial charge is 0.379 e. The van der Waals surface area contributed by atoms with Gasteiger partial charge >= 0.3 is 0 Å². The third-order valence-electron chi connectivity index (χ3n) is 3.32. The molecule has 0 bridgehead atoms. The number of hydrogen-bond acceptors (Lipinski definition) is 9. The first kappa shape index (κ1) is 27.9. The number of hydrogen-bond donors (Lipinski definition) is 1. The molecule has 172 valence electrons. The van der Waals surface area contributed by atoms with Crippen LogP contribution in [-0.4, -0.2) is 104 Å². The molecule has 0 aromatic carbocycles. The first-order valence-electron chi connectivity index (χ1n) is 9.95. The van der Waals surface area contributed by atoms with Gasteiger partial charge in [0.2, 0.25) is 5.91 Å². The number of carbonyl (C=O) groups excluding carboxylic acids is 2. The van der Waals surface area contributed by atoms with Crippen LogP contribution in [0, 0.1) is 0 Å². The molecule has 2 N–H and O–H groups in total. The number of amides is 1. The molecular weight excluding hydrogens is 386 g/mol. The normalized spacial score (nSPS) is 11.1. The van der Waals surface area contributed by atoms with E-state index in [0.29, 0.717) is 98.9 Å². The average molecular weight is 424 g/mol. The minimum absolute atomic E-state index is 0.124. The molecule has 0 fully saturated rings. The predicted octanol–water partition coefficient (Wildman–Crippen LogP) is -0.0429. The molecule has 0 spiro atoms. The van der Waals surface area contributed by atoms with Crippen molar-refractivity contribution in [3.8, 4) is 0 Å². The quantitative estimate of drug-likeness (QED) is 0.213. The van der Waals surface area contributed by atoms with Crippen LogP contribution in [0.25, 0.3) is 0 Å². The van der Waals surface area contributed by atoms with Crippen molar-refractivity contribution in [1.29, 1.82) is 0 Å². The van der Waals surface area contributed by atoms with E-state index in [1.54, 1.807) is 6.92 Å². The van der Waals surface area contributed by atoms with Crippen LogP contribution in [0.3, 0.4) is 0 Å². The highest BCUT2D eigenvalue weighted by Crippen LogP contribution is 1.87. The zero-order valence-electron chi connectivity index (χ0n) is 17.6. The molecule has 10 heteroatoms. The summed E-state index contributed by atoms with van der Waals surface area (Å²) in [5.41, 5.74) is 4.99. The molecule has 0 unspecified atom stereocenters. The summed E-state index contributed by atoms with van der Waals surface area (Å²) in [5, 5.41) is 0. The van der Waals surface area contributed by atoms with E-state index in [9.17, 15) is 9.59 Å². The molecule has 0 saturated heterocycles. The molecule has 0 atom stereocenters. The monoisotopic (exact) mass is 423 g/mol. The van der Waals surface area contributed by atoms with Crippen molar-refractivity contribution in [2.24, 2.45) is 5.73 Å². The molecule has 0 aromatic rings. The van der Waals surface area contributed by atoms with E-state index in [4.69, 9.17) is 38.9 Å². The Morgan fingerprint density at radius 1 is 0.483 bits per heavy atom. The summed E-state index contributed by atoms with van der Waals surface area (Å²) in [6.07, 6.45) is 0.666. The summed E-state index contributed by atoms with van der Waals surface area (Å²) in [6.45, 7) is 8.08. The van der Waals surface area contributed by atoms with Crippen molar-refractivity contribution in [1.82, 2.24) is 0 Å². The molecule has 0 aliphatic heterocycles. The Morgan fingerprint density at radius 2 is 0.724 bits per heavy atom.